The number of pyridine rings is 1. The summed E-state index contributed by atoms with van der Waals surface area (Å²) < 4.78 is 0. The molecule has 4 nitrogen and oxygen atoms in total. The Morgan fingerprint density at radius 1 is 1.30 bits per heavy atom. The van der Waals surface area contributed by atoms with E-state index in [1.54, 1.807) is 6.20 Å². The predicted octanol–water partition coefficient (Wildman–Crippen LogP) is 3.46. The van der Waals surface area contributed by atoms with Gasteiger partial charge < -0.3 is 5.32 Å². The molecule has 2 heterocycles. The molecular weight excluding hydrogens is 270 g/mol. The van der Waals surface area contributed by atoms with Crippen LogP contribution in [-0.2, 0) is 0 Å². The Labute approximate surface area is 123 Å². The van der Waals surface area contributed by atoms with Crippen LogP contribution in [0.2, 0.25) is 0 Å². The van der Waals surface area contributed by atoms with E-state index in [1.807, 2.05) is 32.0 Å². The Kier molecular flexibility index (Phi) is 4.49. The molecule has 2 rings (SSSR count). The molecule has 0 aliphatic heterocycles. The van der Waals surface area contributed by atoms with Gasteiger partial charge in [0, 0.05) is 12.1 Å². The van der Waals surface area contributed by atoms with Gasteiger partial charge in [-0.2, -0.15) is 0 Å². The minimum atomic E-state index is -0.118. The molecule has 20 heavy (non-hydrogen) atoms. The summed E-state index contributed by atoms with van der Waals surface area (Å²) in [5, 5.41) is 3.97. The second kappa shape index (κ2) is 6.13. The van der Waals surface area contributed by atoms with E-state index in [0.29, 0.717) is 10.8 Å². The Hall–Kier alpha value is -1.75. The predicted molar refractivity (Wildman–Crippen MR) is 81.1 cm³/mol. The number of carbonyl (C=O) groups is 1. The topological polar surface area (TPSA) is 54.9 Å². The molecule has 106 valence electrons. The summed E-state index contributed by atoms with van der Waals surface area (Å²) >= 11 is 1.47. The van der Waals surface area contributed by atoms with Crippen LogP contribution in [0.5, 0.6) is 0 Å². The maximum Gasteiger partial charge on any atom is 0.263 e. The second-order valence-electron chi connectivity index (χ2n) is 5.07. The first-order valence-electron chi connectivity index (χ1n) is 6.68. The first-order valence-corrected chi connectivity index (χ1v) is 7.49. The normalized spacial score (nSPS) is 12.4. The third-order valence-electron chi connectivity index (χ3n) is 2.99. The Morgan fingerprint density at radius 3 is 2.60 bits per heavy atom. The van der Waals surface area contributed by atoms with E-state index in [-0.39, 0.29) is 11.9 Å². The van der Waals surface area contributed by atoms with E-state index in [9.17, 15) is 4.79 Å². The number of aromatic nitrogens is 2. The number of nitrogens with one attached hydrogen (secondary N) is 1. The van der Waals surface area contributed by atoms with Crippen LogP contribution in [0.4, 0.5) is 0 Å². The van der Waals surface area contributed by atoms with Crippen LogP contribution >= 0.6 is 11.3 Å². The van der Waals surface area contributed by atoms with Crippen LogP contribution in [-0.4, -0.2) is 15.9 Å². The molecule has 2 aromatic rings. The van der Waals surface area contributed by atoms with E-state index >= 15 is 0 Å². The van der Waals surface area contributed by atoms with Gasteiger partial charge in [0.25, 0.3) is 5.91 Å². The summed E-state index contributed by atoms with van der Waals surface area (Å²) in [5.41, 5.74) is 1.65. The van der Waals surface area contributed by atoms with Crippen molar-refractivity contribution < 1.29 is 4.79 Å². The maximum absolute atomic E-state index is 12.3. The van der Waals surface area contributed by atoms with Crippen molar-refractivity contribution in [1.82, 2.24) is 15.3 Å². The van der Waals surface area contributed by atoms with Crippen LogP contribution in [0.1, 0.15) is 58.8 Å². The molecule has 0 saturated heterocycles. The molecular formula is C15H19N3OS. The highest BCUT2D eigenvalue weighted by Crippen LogP contribution is 2.25. The molecule has 1 amide bonds. The van der Waals surface area contributed by atoms with Crippen molar-refractivity contribution in [3.05, 3.63) is 45.7 Å². The third-order valence-corrected chi connectivity index (χ3v) is 4.45. The van der Waals surface area contributed by atoms with Gasteiger partial charge in [-0.15, -0.1) is 11.3 Å². The monoisotopic (exact) mass is 289 g/mol. The van der Waals surface area contributed by atoms with Crippen LogP contribution in [0.25, 0.3) is 0 Å². The van der Waals surface area contributed by atoms with Crippen molar-refractivity contribution in [2.45, 2.75) is 39.7 Å². The van der Waals surface area contributed by atoms with Gasteiger partial charge in [0.1, 0.15) is 4.88 Å². The van der Waals surface area contributed by atoms with Crippen molar-refractivity contribution >= 4 is 17.2 Å². The molecule has 0 bridgehead atoms. The minimum Gasteiger partial charge on any atom is -0.343 e. The highest BCUT2D eigenvalue weighted by atomic mass is 32.1. The highest BCUT2D eigenvalue weighted by molar-refractivity contribution is 7.13. The standard InChI is InChI=1S/C15H19N3OS/c1-9(2)15-18-11(4)13(20-15)14(19)17-10(3)12-7-5-6-8-16-12/h5-10H,1-4H3,(H,17,19)/t10-/m0/s1. The van der Waals surface area contributed by atoms with Crippen molar-refractivity contribution in [3.63, 3.8) is 0 Å². The van der Waals surface area contributed by atoms with E-state index < -0.39 is 0 Å². The van der Waals surface area contributed by atoms with Crippen molar-refractivity contribution in [1.29, 1.82) is 0 Å². The SMILES string of the molecule is Cc1nc(C(C)C)sc1C(=O)N[C@@H](C)c1ccccn1. The molecule has 5 heteroatoms. The maximum atomic E-state index is 12.3. The minimum absolute atomic E-state index is 0.0787. The summed E-state index contributed by atoms with van der Waals surface area (Å²) in [5.74, 6) is 0.263. The number of rotatable bonds is 4. The molecule has 0 unspecified atom stereocenters. The number of nitrogens with zero attached hydrogens (tertiary/aromatic N) is 2. The number of aryl methyl sites for hydroxylation is 1. The van der Waals surface area contributed by atoms with E-state index in [4.69, 9.17) is 0 Å². The molecule has 0 fully saturated rings. The number of hydrogen-bond acceptors (Lipinski definition) is 4. The third kappa shape index (κ3) is 3.22. The molecule has 0 radical (unpaired) electrons. The van der Waals surface area contributed by atoms with Gasteiger partial charge in [-0.05, 0) is 26.0 Å². The molecule has 1 atom stereocenters. The lowest BCUT2D eigenvalue weighted by Crippen LogP contribution is -2.27. The van der Waals surface area contributed by atoms with Gasteiger partial charge in [0.15, 0.2) is 0 Å². The molecule has 0 spiro atoms. The lowest BCUT2D eigenvalue weighted by Gasteiger charge is -2.12. The van der Waals surface area contributed by atoms with Gasteiger partial charge in [-0.1, -0.05) is 19.9 Å². The molecule has 0 aliphatic rings. The first kappa shape index (κ1) is 14.7. The summed E-state index contributed by atoms with van der Waals surface area (Å²) in [6, 6.07) is 5.57. The largest absolute Gasteiger partial charge is 0.343 e. The first-order chi connectivity index (χ1) is 9.49. The number of thiazole rings is 1. The van der Waals surface area contributed by atoms with Crippen LogP contribution in [0.3, 0.4) is 0 Å². The zero-order chi connectivity index (χ0) is 14.7. The van der Waals surface area contributed by atoms with Gasteiger partial charge in [0.05, 0.1) is 22.4 Å². The number of amides is 1. The van der Waals surface area contributed by atoms with E-state index in [2.05, 4.69) is 29.1 Å². The Bertz CT molecular complexity index is 592. The molecule has 1 N–H and O–H groups in total. The number of carbonyl (C=O) groups excluding carboxylic acids is 1. The quantitative estimate of drug-likeness (QED) is 0.937. The fourth-order valence-corrected chi connectivity index (χ4v) is 2.82. The highest BCUT2D eigenvalue weighted by Gasteiger charge is 2.19. The lowest BCUT2D eigenvalue weighted by molar-refractivity contribution is 0.0942. The van der Waals surface area contributed by atoms with E-state index in [0.717, 1.165) is 16.4 Å². The summed E-state index contributed by atoms with van der Waals surface area (Å²) in [7, 11) is 0. The molecule has 2 aromatic heterocycles. The van der Waals surface area contributed by atoms with Gasteiger partial charge in [-0.25, -0.2) is 4.98 Å². The smallest absolute Gasteiger partial charge is 0.263 e. The number of hydrogen-bond donors (Lipinski definition) is 1. The van der Waals surface area contributed by atoms with Crippen LogP contribution in [0.15, 0.2) is 24.4 Å². The van der Waals surface area contributed by atoms with Crippen LogP contribution < -0.4 is 5.32 Å². The average Bonchev–Trinajstić information content (AvgIpc) is 2.82. The zero-order valence-corrected chi connectivity index (χ0v) is 13.0. The second-order valence-corrected chi connectivity index (χ2v) is 6.10. The van der Waals surface area contributed by atoms with Crippen molar-refractivity contribution in [2.75, 3.05) is 0 Å². The van der Waals surface area contributed by atoms with Crippen LogP contribution in [0, 0.1) is 6.92 Å². The summed E-state index contributed by atoms with van der Waals surface area (Å²) in [6.45, 7) is 7.97. The lowest BCUT2D eigenvalue weighted by atomic mass is 10.2. The fraction of sp³-hybridized carbons (Fsp3) is 0.400. The molecule has 0 saturated carbocycles. The molecule has 0 aromatic carbocycles. The average molecular weight is 289 g/mol. The van der Waals surface area contributed by atoms with Gasteiger partial charge in [0.2, 0.25) is 0 Å². The van der Waals surface area contributed by atoms with Gasteiger partial charge in [-0.3, -0.25) is 9.78 Å². The molecule has 0 aliphatic carbocycles. The zero-order valence-electron chi connectivity index (χ0n) is 12.2. The fourth-order valence-electron chi connectivity index (χ4n) is 1.84. The summed E-state index contributed by atoms with van der Waals surface area (Å²) in [4.78, 5) is 21.7. The summed E-state index contributed by atoms with van der Waals surface area (Å²) in [6.07, 6.45) is 1.73. The van der Waals surface area contributed by atoms with E-state index in [1.165, 1.54) is 11.3 Å². The van der Waals surface area contributed by atoms with Crippen molar-refractivity contribution in [3.8, 4) is 0 Å². The Morgan fingerprint density at radius 2 is 2.05 bits per heavy atom. The van der Waals surface area contributed by atoms with Crippen molar-refractivity contribution in [2.24, 2.45) is 0 Å². The Balaban J connectivity index is 2.12. The van der Waals surface area contributed by atoms with Gasteiger partial charge >= 0.3 is 0 Å².